The number of nitrogens with zero attached hydrogens (tertiary/aromatic N) is 3. The highest BCUT2D eigenvalue weighted by molar-refractivity contribution is 5.57. The second kappa shape index (κ2) is 10.4. The number of aryl methyl sites for hydroxylation is 1. The first-order valence-corrected chi connectivity index (χ1v) is 13.1. The van der Waals surface area contributed by atoms with Gasteiger partial charge in [-0.1, -0.05) is 111 Å². The molecule has 1 aromatic heterocycles. The third-order valence-electron chi connectivity index (χ3n) is 7.23. The zero-order valence-electron chi connectivity index (χ0n) is 22.0. The molecule has 1 saturated heterocycles. The Hall–Kier alpha value is -3.21. The quantitative estimate of drug-likeness (QED) is 0.339. The van der Waals surface area contributed by atoms with Gasteiger partial charge in [-0.15, -0.1) is 0 Å². The van der Waals surface area contributed by atoms with Gasteiger partial charge in [0.2, 0.25) is 0 Å². The number of H-pyrrole nitrogens is 1. The van der Waals surface area contributed by atoms with Crippen LogP contribution in [0.1, 0.15) is 54.9 Å². The van der Waals surface area contributed by atoms with Gasteiger partial charge < -0.3 is 4.98 Å². The van der Waals surface area contributed by atoms with Gasteiger partial charge in [0.25, 0.3) is 0 Å². The summed E-state index contributed by atoms with van der Waals surface area (Å²) in [5.74, 6) is 0.974. The summed E-state index contributed by atoms with van der Waals surface area (Å²) in [6.07, 6.45) is 0. The SMILES string of the molecule is Cc1ccc(-c2nc(CN3CCN(C(c4ccccc4)c4ccccc4)CC3)c(C(C)(C)C)[nH]2)cc1. The van der Waals surface area contributed by atoms with Crippen LogP contribution in [0.5, 0.6) is 0 Å². The van der Waals surface area contributed by atoms with Crippen molar-refractivity contribution in [2.45, 2.75) is 45.7 Å². The highest BCUT2D eigenvalue weighted by Gasteiger charge is 2.29. The van der Waals surface area contributed by atoms with Crippen LogP contribution in [-0.2, 0) is 12.0 Å². The summed E-state index contributed by atoms with van der Waals surface area (Å²) < 4.78 is 0. The van der Waals surface area contributed by atoms with Gasteiger partial charge in [-0.3, -0.25) is 9.80 Å². The number of hydrogen-bond acceptors (Lipinski definition) is 3. The largest absolute Gasteiger partial charge is 0.341 e. The van der Waals surface area contributed by atoms with Crippen molar-refractivity contribution in [3.05, 3.63) is 113 Å². The van der Waals surface area contributed by atoms with E-state index in [1.807, 2.05) is 0 Å². The van der Waals surface area contributed by atoms with Crippen molar-refractivity contribution in [1.29, 1.82) is 0 Å². The Morgan fingerprint density at radius 3 is 1.86 bits per heavy atom. The lowest BCUT2D eigenvalue weighted by molar-refractivity contribution is 0.103. The van der Waals surface area contributed by atoms with Gasteiger partial charge >= 0.3 is 0 Å². The van der Waals surface area contributed by atoms with Gasteiger partial charge in [-0.05, 0) is 18.1 Å². The highest BCUT2D eigenvalue weighted by Crippen LogP contribution is 2.31. The molecule has 4 aromatic rings. The van der Waals surface area contributed by atoms with Crippen molar-refractivity contribution >= 4 is 0 Å². The predicted octanol–water partition coefficient (Wildman–Crippen LogP) is 6.59. The van der Waals surface area contributed by atoms with Gasteiger partial charge in [-0.2, -0.15) is 0 Å². The minimum atomic E-state index is 0.0127. The van der Waals surface area contributed by atoms with E-state index < -0.39 is 0 Å². The third-order valence-corrected chi connectivity index (χ3v) is 7.23. The Balaban J connectivity index is 1.33. The molecule has 0 bridgehead atoms. The summed E-state index contributed by atoms with van der Waals surface area (Å²) in [6, 6.07) is 30.8. The molecule has 1 fully saturated rings. The number of imidazole rings is 1. The van der Waals surface area contributed by atoms with E-state index in [0.29, 0.717) is 6.04 Å². The molecule has 1 aliphatic heterocycles. The maximum Gasteiger partial charge on any atom is 0.137 e. The zero-order chi connectivity index (χ0) is 25.1. The summed E-state index contributed by atoms with van der Waals surface area (Å²) >= 11 is 0. The Labute approximate surface area is 216 Å². The van der Waals surface area contributed by atoms with Crippen LogP contribution in [0.2, 0.25) is 0 Å². The monoisotopic (exact) mass is 478 g/mol. The molecule has 3 aromatic carbocycles. The minimum absolute atomic E-state index is 0.0127. The van der Waals surface area contributed by atoms with Gasteiger partial charge in [0.15, 0.2) is 0 Å². The number of piperazine rings is 1. The highest BCUT2D eigenvalue weighted by atomic mass is 15.3. The van der Waals surface area contributed by atoms with Gasteiger partial charge in [-0.25, -0.2) is 4.98 Å². The lowest BCUT2D eigenvalue weighted by Crippen LogP contribution is -2.47. The Morgan fingerprint density at radius 1 is 0.778 bits per heavy atom. The molecule has 186 valence electrons. The van der Waals surface area contributed by atoms with Crippen LogP contribution in [0.15, 0.2) is 84.9 Å². The topological polar surface area (TPSA) is 35.2 Å². The molecular formula is C32H38N4. The molecule has 2 heterocycles. The van der Waals surface area contributed by atoms with Crippen molar-refractivity contribution in [2.75, 3.05) is 26.2 Å². The maximum absolute atomic E-state index is 5.11. The standard InChI is InChI=1S/C32H38N4/c1-24-15-17-27(18-16-24)31-33-28(30(34-31)32(2,3)4)23-35-19-21-36(22-20-35)29(25-11-7-5-8-12-25)26-13-9-6-10-14-26/h5-18,29H,19-23H2,1-4H3,(H,33,34). The lowest BCUT2D eigenvalue weighted by Gasteiger charge is -2.39. The van der Waals surface area contributed by atoms with Crippen LogP contribution in [-0.4, -0.2) is 45.9 Å². The van der Waals surface area contributed by atoms with Gasteiger partial charge in [0, 0.05) is 49.4 Å². The molecular weight excluding hydrogens is 440 g/mol. The number of hydrogen-bond donors (Lipinski definition) is 1. The van der Waals surface area contributed by atoms with E-state index >= 15 is 0 Å². The number of aromatic amines is 1. The number of aromatic nitrogens is 2. The van der Waals surface area contributed by atoms with Crippen molar-refractivity contribution in [3.8, 4) is 11.4 Å². The van der Waals surface area contributed by atoms with Crippen molar-refractivity contribution in [3.63, 3.8) is 0 Å². The van der Waals surface area contributed by atoms with E-state index in [4.69, 9.17) is 4.98 Å². The van der Waals surface area contributed by atoms with E-state index in [1.54, 1.807) is 0 Å². The molecule has 5 rings (SSSR count). The van der Waals surface area contributed by atoms with Crippen molar-refractivity contribution < 1.29 is 0 Å². The maximum atomic E-state index is 5.11. The predicted molar refractivity (Wildman–Crippen MR) is 149 cm³/mol. The molecule has 0 atom stereocenters. The molecule has 1 N–H and O–H groups in total. The van der Waals surface area contributed by atoms with E-state index in [2.05, 4.69) is 127 Å². The Kier molecular flexibility index (Phi) is 7.08. The number of benzene rings is 3. The fraction of sp³-hybridized carbons (Fsp3) is 0.344. The fourth-order valence-electron chi connectivity index (χ4n) is 5.27. The fourth-order valence-corrected chi connectivity index (χ4v) is 5.27. The molecule has 0 aliphatic carbocycles. The first kappa shape index (κ1) is 24.5. The second-order valence-corrected chi connectivity index (χ2v) is 11.1. The van der Waals surface area contributed by atoms with Crippen LogP contribution in [0.3, 0.4) is 0 Å². The van der Waals surface area contributed by atoms with Crippen LogP contribution in [0.25, 0.3) is 11.4 Å². The minimum Gasteiger partial charge on any atom is -0.341 e. The third kappa shape index (κ3) is 5.45. The normalized spacial score (nSPS) is 15.5. The van der Waals surface area contributed by atoms with Crippen LogP contribution >= 0.6 is 0 Å². The van der Waals surface area contributed by atoms with Crippen molar-refractivity contribution in [2.24, 2.45) is 0 Å². The average molecular weight is 479 g/mol. The first-order chi connectivity index (χ1) is 17.4. The molecule has 0 radical (unpaired) electrons. The Morgan fingerprint density at radius 2 is 1.33 bits per heavy atom. The number of nitrogens with one attached hydrogen (secondary N) is 1. The first-order valence-electron chi connectivity index (χ1n) is 13.1. The molecule has 4 nitrogen and oxygen atoms in total. The molecule has 0 saturated carbocycles. The molecule has 4 heteroatoms. The second-order valence-electron chi connectivity index (χ2n) is 11.1. The average Bonchev–Trinajstić information content (AvgIpc) is 3.31. The van der Waals surface area contributed by atoms with Gasteiger partial charge in [0.1, 0.15) is 5.82 Å². The summed E-state index contributed by atoms with van der Waals surface area (Å²) in [5.41, 5.74) is 7.57. The van der Waals surface area contributed by atoms with Crippen LogP contribution in [0.4, 0.5) is 0 Å². The van der Waals surface area contributed by atoms with Crippen molar-refractivity contribution in [1.82, 2.24) is 19.8 Å². The molecule has 36 heavy (non-hydrogen) atoms. The van der Waals surface area contributed by atoms with E-state index in [-0.39, 0.29) is 5.41 Å². The smallest absolute Gasteiger partial charge is 0.137 e. The molecule has 0 amide bonds. The lowest BCUT2D eigenvalue weighted by atomic mass is 9.90. The number of rotatable bonds is 6. The molecule has 0 unspecified atom stereocenters. The summed E-state index contributed by atoms with van der Waals surface area (Å²) in [5, 5.41) is 0. The van der Waals surface area contributed by atoms with E-state index in [1.165, 1.54) is 28.1 Å². The summed E-state index contributed by atoms with van der Waals surface area (Å²) in [7, 11) is 0. The van der Waals surface area contributed by atoms with Crippen LogP contribution in [0, 0.1) is 6.92 Å². The zero-order valence-corrected chi connectivity index (χ0v) is 22.0. The Bertz CT molecular complexity index is 1210. The van der Waals surface area contributed by atoms with E-state index in [0.717, 1.165) is 44.1 Å². The van der Waals surface area contributed by atoms with Gasteiger partial charge in [0.05, 0.1) is 11.7 Å². The molecule has 0 spiro atoms. The summed E-state index contributed by atoms with van der Waals surface area (Å²) in [4.78, 5) is 14.0. The van der Waals surface area contributed by atoms with E-state index in [9.17, 15) is 0 Å². The molecule has 1 aliphatic rings. The summed E-state index contributed by atoms with van der Waals surface area (Å²) in [6.45, 7) is 13.9. The van der Waals surface area contributed by atoms with Crippen LogP contribution < -0.4 is 0 Å².